The van der Waals surface area contributed by atoms with Gasteiger partial charge in [-0.3, -0.25) is 0 Å². The number of aryl methyl sites for hydroxylation is 1. The number of ether oxygens (including phenoxy) is 3. The van der Waals surface area contributed by atoms with Gasteiger partial charge in [0.25, 0.3) is 0 Å². The maximum absolute atomic E-state index is 12.7. The van der Waals surface area contributed by atoms with Crippen LogP contribution in [0.4, 0.5) is 4.79 Å². The number of hydroxylamine groups is 2. The molecule has 2 aromatic rings. The summed E-state index contributed by atoms with van der Waals surface area (Å²) in [5.74, 6) is 0.378. The van der Waals surface area contributed by atoms with E-state index in [1.165, 1.54) is 0 Å². The predicted octanol–water partition coefficient (Wildman–Crippen LogP) is 6.99. The Bertz CT molecular complexity index is 1100. The van der Waals surface area contributed by atoms with Crippen molar-refractivity contribution in [3.63, 3.8) is 0 Å². The molecular formula is C30H39NO6. The first kappa shape index (κ1) is 28.3. The van der Waals surface area contributed by atoms with Crippen LogP contribution >= 0.6 is 0 Å². The largest absolute Gasteiger partial charge is 0.514 e. The van der Waals surface area contributed by atoms with Crippen molar-refractivity contribution in [2.45, 2.75) is 91.0 Å². The van der Waals surface area contributed by atoms with Gasteiger partial charge in [-0.25, -0.2) is 9.59 Å². The van der Waals surface area contributed by atoms with Gasteiger partial charge in [0, 0.05) is 24.0 Å². The van der Waals surface area contributed by atoms with E-state index in [0.29, 0.717) is 36.1 Å². The predicted molar refractivity (Wildman–Crippen MR) is 144 cm³/mol. The van der Waals surface area contributed by atoms with Crippen LogP contribution in [-0.4, -0.2) is 40.5 Å². The van der Waals surface area contributed by atoms with Gasteiger partial charge in [0.05, 0.1) is 22.7 Å². The molecule has 0 unspecified atom stereocenters. The first-order valence-corrected chi connectivity index (χ1v) is 12.8. The van der Waals surface area contributed by atoms with E-state index in [0.717, 1.165) is 5.56 Å². The second kappa shape index (κ2) is 11.4. The molecule has 200 valence electrons. The molecule has 0 radical (unpaired) electrons. The molecule has 0 aromatic heterocycles. The number of piperidine rings is 1. The molecule has 1 fully saturated rings. The highest BCUT2D eigenvalue weighted by molar-refractivity contribution is 5.89. The van der Waals surface area contributed by atoms with Crippen molar-refractivity contribution >= 4 is 18.2 Å². The van der Waals surface area contributed by atoms with Crippen molar-refractivity contribution in [1.82, 2.24) is 5.06 Å². The van der Waals surface area contributed by atoms with Gasteiger partial charge in [0.2, 0.25) is 0 Å². The summed E-state index contributed by atoms with van der Waals surface area (Å²) in [6.45, 7) is 17.6. The van der Waals surface area contributed by atoms with Gasteiger partial charge in [0.1, 0.15) is 6.10 Å². The van der Waals surface area contributed by atoms with Crippen LogP contribution < -0.4 is 9.57 Å². The van der Waals surface area contributed by atoms with Crippen LogP contribution in [0.2, 0.25) is 0 Å². The Morgan fingerprint density at radius 3 is 2.19 bits per heavy atom. The zero-order valence-electron chi connectivity index (χ0n) is 23.0. The van der Waals surface area contributed by atoms with E-state index in [-0.39, 0.29) is 23.9 Å². The molecule has 2 aromatic carbocycles. The van der Waals surface area contributed by atoms with Crippen LogP contribution in [0.15, 0.2) is 49.0 Å². The Labute approximate surface area is 220 Å². The van der Waals surface area contributed by atoms with E-state index < -0.39 is 17.2 Å². The number of nitrogens with zero attached hydrogens (tertiary/aromatic N) is 1. The normalized spacial score (nSPS) is 17.2. The van der Waals surface area contributed by atoms with Gasteiger partial charge in [-0.05, 0) is 60.1 Å². The van der Waals surface area contributed by atoms with E-state index in [1.54, 1.807) is 32.1 Å². The van der Waals surface area contributed by atoms with E-state index in [4.69, 9.17) is 19.0 Å². The van der Waals surface area contributed by atoms with Crippen LogP contribution in [-0.2, 0) is 15.9 Å². The molecular weight excluding hydrogens is 470 g/mol. The molecule has 3 rings (SSSR count). The molecule has 7 heteroatoms. The molecule has 1 aliphatic heterocycles. The molecule has 7 nitrogen and oxygen atoms in total. The highest BCUT2D eigenvalue weighted by Crippen LogP contribution is 2.44. The fourth-order valence-corrected chi connectivity index (χ4v) is 4.95. The number of rotatable bonds is 8. The molecule has 0 saturated carbocycles. The Hall–Kier alpha value is -3.32. The number of hydrogen-bond acceptors (Lipinski definition) is 7. The third-order valence-electron chi connectivity index (χ3n) is 6.36. The van der Waals surface area contributed by atoms with Crippen molar-refractivity contribution in [2.24, 2.45) is 0 Å². The Morgan fingerprint density at radius 2 is 1.65 bits per heavy atom. The number of hydrogen-bond donors (Lipinski definition) is 0. The highest BCUT2D eigenvalue weighted by Gasteiger charge is 2.49. The van der Waals surface area contributed by atoms with E-state index in [2.05, 4.69) is 6.58 Å². The van der Waals surface area contributed by atoms with Crippen molar-refractivity contribution in [1.29, 1.82) is 0 Å². The molecule has 0 bridgehead atoms. The van der Waals surface area contributed by atoms with Gasteiger partial charge in [0.15, 0.2) is 11.5 Å². The minimum Gasteiger partial charge on any atom is -0.459 e. The average molecular weight is 510 g/mol. The number of carbonyl (C=O) groups is 2. The number of esters is 1. The molecule has 0 N–H and O–H groups in total. The second-order valence-corrected chi connectivity index (χ2v) is 10.9. The Morgan fingerprint density at radius 1 is 1.03 bits per heavy atom. The fraction of sp³-hybridized carbons (Fsp3) is 0.467. The van der Waals surface area contributed by atoms with Crippen LogP contribution in [0, 0.1) is 0 Å². The lowest BCUT2D eigenvalue weighted by Crippen LogP contribution is -2.63. The molecule has 1 aliphatic rings. The molecule has 0 aliphatic carbocycles. The fourth-order valence-electron chi connectivity index (χ4n) is 4.95. The van der Waals surface area contributed by atoms with E-state index >= 15 is 0 Å². The molecule has 37 heavy (non-hydrogen) atoms. The summed E-state index contributed by atoms with van der Waals surface area (Å²) in [4.78, 5) is 31.8. The molecule has 0 atom stereocenters. The summed E-state index contributed by atoms with van der Waals surface area (Å²) in [7, 11) is 0. The lowest BCUT2D eigenvalue weighted by Gasteiger charge is -2.53. The SMILES string of the molecule is C=Cc1ccc(CC)c(ON2C(C)(C)CC(OC(=O)c3ccccc3)CC2(C)C)c1OC(=O)OC(C)C. The number of carbonyl (C=O) groups excluding carboxylic acids is 2. The molecule has 1 saturated heterocycles. The highest BCUT2D eigenvalue weighted by atomic mass is 16.7. The first-order valence-electron chi connectivity index (χ1n) is 12.8. The molecule has 0 spiro atoms. The zero-order valence-corrected chi connectivity index (χ0v) is 23.0. The van der Waals surface area contributed by atoms with E-state index in [1.807, 2.05) is 70.0 Å². The van der Waals surface area contributed by atoms with Gasteiger partial charge in [-0.2, -0.15) is 0 Å². The summed E-state index contributed by atoms with van der Waals surface area (Å²) < 4.78 is 16.8. The van der Waals surface area contributed by atoms with Crippen LogP contribution in [0.3, 0.4) is 0 Å². The minimum absolute atomic E-state index is 0.268. The summed E-state index contributed by atoms with van der Waals surface area (Å²) in [6.07, 6.45) is 1.98. The smallest absolute Gasteiger partial charge is 0.459 e. The summed E-state index contributed by atoms with van der Waals surface area (Å²) >= 11 is 0. The second-order valence-electron chi connectivity index (χ2n) is 10.9. The zero-order chi connectivity index (χ0) is 27.4. The topological polar surface area (TPSA) is 74.3 Å². The Balaban J connectivity index is 1.91. The van der Waals surface area contributed by atoms with Gasteiger partial charge in [-0.1, -0.05) is 49.9 Å². The van der Waals surface area contributed by atoms with Crippen molar-refractivity contribution in [2.75, 3.05) is 0 Å². The third-order valence-corrected chi connectivity index (χ3v) is 6.36. The van der Waals surface area contributed by atoms with Gasteiger partial charge < -0.3 is 19.0 Å². The molecule has 1 heterocycles. The summed E-state index contributed by atoms with van der Waals surface area (Å²) in [6, 6.07) is 12.8. The Kier molecular flexibility index (Phi) is 8.69. The first-order chi connectivity index (χ1) is 17.4. The maximum atomic E-state index is 12.7. The van der Waals surface area contributed by atoms with Crippen LogP contribution in [0.5, 0.6) is 11.5 Å². The lowest BCUT2D eigenvalue weighted by molar-refractivity contribution is -0.234. The third kappa shape index (κ3) is 6.72. The average Bonchev–Trinajstić information content (AvgIpc) is 2.81. The molecule has 0 amide bonds. The summed E-state index contributed by atoms with van der Waals surface area (Å²) in [5, 5.41) is 1.93. The van der Waals surface area contributed by atoms with Crippen LogP contribution in [0.25, 0.3) is 6.08 Å². The monoisotopic (exact) mass is 509 g/mol. The standard InChI is InChI=1S/C30H39NO6/c1-9-21-16-17-22(10-2)26(25(21)36-28(33)34-20(3)4)37-31-29(5,6)18-24(19-30(31,7)8)35-27(32)23-14-12-11-13-15-23/h9,11-17,20,24H,1,10,18-19H2,2-8H3. The van der Waals surface area contributed by atoms with Gasteiger partial charge in [-0.15, -0.1) is 5.06 Å². The quantitative estimate of drug-likeness (QED) is 0.280. The summed E-state index contributed by atoms with van der Waals surface area (Å²) in [5.41, 5.74) is 0.987. The number of benzene rings is 2. The van der Waals surface area contributed by atoms with E-state index in [9.17, 15) is 9.59 Å². The lowest BCUT2D eigenvalue weighted by atomic mass is 9.80. The van der Waals surface area contributed by atoms with Crippen molar-refractivity contribution in [3.05, 3.63) is 65.7 Å². The minimum atomic E-state index is -0.804. The van der Waals surface area contributed by atoms with Gasteiger partial charge >= 0.3 is 12.1 Å². The van der Waals surface area contributed by atoms with Crippen molar-refractivity contribution in [3.8, 4) is 11.5 Å². The van der Waals surface area contributed by atoms with Crippen LogP contribution in [0.1, 0.15) is 82.8 Å². The van der Waals surface area contributed by atoms with Crippen molar-refractivity contribution < 1.29 is 28.6 Å². The maximum Gasteiger partial charge on any atom is 0.514 e.